The van der Waals surface area contributed by atoms with Crippen LogP contribution >= 0.6 is 0 Å². The molecule has 0 bridgehead atoms. The number of β-amino-alcohol motifs (C(OH)–C–C–N with tert-alkyl or cyclic N) is 2. The fourth-order valence-electron chi connectivity index (χ4n) is 2.11. The van der Waals surface area contributed by atoms with E-state index >= 15 is 0 Å². The third-order valence-corrected chi connectivity index (χ3v) is 5.20. The van der Waals surface area contributed by atoms with Crippen LogP contribution < -0.4 is 0 Å². The SMILES string of the molecule is Cc1cc([N+](=O)[O-])ccc1S(=O)(=O)N1C[C@@H](O)[C@@H](O)C1. The summed E-state index contributed by atoms with van der Waals surface area (Å²) in [5.74, 6) is 0. The van der Waals surface area contributed by atoms with Gasteiger partial charge in [-0.15, -0.1) is 0 Å². The van der Waals surface area contributed by atoms with Gasteiger partial charge in [0.2, 0.25) is 10.0 Å². The topological polar surface area (TPSA) is 121 Å². The fraction of sp³-hybridized carbons (Fsp3) is 0.455. The van der Waals surface area contributed by atoms with Crippen molar-refractivity contribution in [3.63, 3.8) is 0 Å². The molecule has 1 aromatic carbocycles. The summed E-state index contributed by atoms with van der Waals surface area (Å²) in [7, 11) is -3.89. The molecule has 0 radical (unpaired) electrons. The lowest BCUT2D eigenvalue weighted by Gasteiger charge is -2.16. The molecular formula is C11H14N2O6S. The number of nitrogens with zero attached hydrogens (tertiary/aromatic N) is 2. The highest BCUT2D eigenvalue weighted by Crippen LogP contribution is 2.26. The molecule has 110 valence electrons. The Kier molecular flexibility index (Phi) is 3.78. The molecular weight excluding hydrogens is 288 g/mol. The Morgan fingerprint density at radius 2 is 1.85 bits per heavy atom. The van der Waals surface area contributed by atoms with Crippen molar-refractivity contribution >= 4 is 15.7 Å². The Bertz CT molecular complexity index is 634. The van der Waals surface area contributed by atoms with E-state index in [4.69, 9.17) is 0 Å². The van der Waals surface area contributed by atoms with Crippen LogP contribution in [0.15, 0.2) is 23.1 Å². The zero-order chi connectivity index (χ0) is 15.1. The van der Waals surface area contributed by atoms with Crippen molar-refractivity contribution in [2.75, 3.05) is 13.1 Å². The maximum atomic E-state index is 12.4. The lowest BCUT2D eigenvalue weighted by Crippen LogP contribution is -2.30. The number of hydrogen-bond acceptors (Lipinski definition) is 6. The Hall–Kier alpha value is -1.55. The summed E-state index contributed by atoms with van der Waals surface area (Å²) in [6, 6.07) is 3.46. The number of nitro groups is 1. The lowest BCUT2D eigenvalue weighted by molar-refractivity contribution is -0.385. The molecule has 20 heavy (non-hydrogen) atoms. The molecule has 1 heterocycles. The molecule has 0 spiro atoms. The first-order valence-corrected chi connectivity index (χ1v) is 7.29. The van der Waals surface area contributed by atoms with Gasteiger partial charge in [0.15, 0.2) is 0 Å². The van der Waals surface area contributed by atoms with Crippen molar-refractivity contribution in [2.24, 2.45) is 0 Å². The van der Waals surface area contributed by atoms with E-state index in [0.717, 1.165) is 10.4 Å². The Morgan fingerprint density at radius 3 is 2.30 bits per heavy atom. The third kappa shape index (κ3) is 2.52. The number of rotatable bonds is 3. The van der Waals surface area contributed by atoms with Gasteiger partial charge in [0.25, 0.3) is 5.69 Å². The highest BCUT2D eigenvalue weighted by atomic mass is 32.2. The second kappa shape index (κ2) is 5.09. The highest BCUT2D eigenvalue weighted by molar-refractivity contribution is 7.89. The van der Waals surface area contributed by atoms with Crippen molar-refractivity contribution in [1.29, 1.82) is 0 Å². The first-order valence-electron chi connectivity index (χ1n) is 5.85. The predicted molar refractivity (Wildman–Crippen MR) is 68.6 cm³/mol. The molecule has 0 amide bonds. The average Bonchev–Trinajstić information content (AvgIpc) is 2.69. The van der Waals surface area contributed by atoms with Gasteiger partial charge in [0, 0.05) is 25.2 Å². The largest absolute Gasteiger partial charge is 0.389 e. The molecule has 0 saturated carbocycles. The zero-order valence-electron chi connectivity index (χ0n) is 10.6. The number of benzene rings is 1. The summed E-state index contributed by atoms with van der Waals surface area (Å²) in [5, 5.41) is 29.5. The molecule has 2 rings (SSSR count). The van der Waals surface area contributed by atoms with Crippen molar-refractivity contribution in [2.45, 2.75) is 24.0 Å². The number of aliphatic hydroxyl groups is 2. The van der Waals surface area contributed by atoms with Crippen LogP contribution in [0, 0.1) is 17.0 Å². The van der Waals surface area contributed by atoms with Gasteiger partial charge in [0.1, 0.15) is 0 Å². The van der Waals surface area contributed by atoms with Crippen LogP contribution in [0.1, 0.15) is 5.56 Å². The maximum absolute atomic E-state index is 12.4. The summed E-state index contributed by atoms with van der Waals surface area (Å²) in [4.78, 5) is 9.97. The summed E-state index contributed by atoms with van der Waals surface area (Å²) in [6.45, 7) is 1.07. The smallest absolute Gasteiger partial charge is 0.269 e. The molecule has 0 aliphatic carbocycles. The van der Waals surface area contributed by atoms with E-state index in [1.165, 1.54) is 19.1 Å². The van der Waals surface area contributed by atoms with Crippen molar-refractivity contribution in [1.82, 2.24) is 4.31 Å². The predicted octanol–water partition coefficient (Wildman–Crippen LogP) is -0.371. The number of non-ortho nitro benzene ring substituents is 1. The molecule has 2 N–H and O–H groups in total. The standard InChI is InChI=1S/C11H14N2O6S/c1-7-4-8(13(16)17)2-3-11(7)20(18,19)12-5-9(14)10(15)6-12/h2-4,9-10,14-15H,5-6H2,1H3/t9-,10+. The van der Waals surface area contributed by atoms with Gasteiger partial charge < -0.3 is 10.2 Å². The first-order chi connectivity index (χ1) is 9.23. The van der Waals surface area contributed by atoms with Crippen LogP contribution in [0.25, 0.3) is 0 Å². The van der Waals surface area contributed by atoms with Crippen LogP contribution in [-0.2, 0) is 10.0 Å². The molecule has 1 aliphatic rings. The van der Waals surface area contributed by atoms with Crippen molar-refractivity contribution in [3.8, 4) is 0 Å². The van der Waals surface area contributed by atoms with Crippen LogP contribution in [0.2, 0.25) is 0 Å². The highest BCUT2D eigenvalue weighted by Gasteiger charge is 2.38. The summed E-state index contributed by atoms with van der Waals surface area (Å²) < 4.78 is 25.7. The molecule has 0 aromatic heterocycles. The molecule has 1 fully saturated rings. The molecule has 8 nitrogen and oxygen atoms in total. The van der Waals surface area contributed by atoms with E-state index in [9.17, 15) is 28.7 Å². The quantitative estimate of drug-likeness (QED) is 0.580. The number of aryl methyl sites for hydroxylation is 1. The normalized spacial score (nSPS) is 23.9. The first kappa shape index (κ1) is 14.9. The molecule has 1 saturated heterocycles. The van der Waals surface area contributed by atoms with Gasteiger partial charge in [-0.05, 0) is 18.6 Å². The minimum Gasteiger partial charge on any atom is -0.389 e. The summed E-state index contributed by atoms with van der Waals surface area (Å²) >= 11 is 0. The molecule has 9 heteroatoms. The molecule has 1 aliphatic heterocycles. The van der Waals surface area contributed by atoms with Gasteiger partial charge in [-0.1, -0.05) is 0 Å². The monoisotopic (exact) mass is 302 g/mol. The number of sulfonamides is 1. The van der Waals surface area contributed by atoms with E-state index < -0.39 is 27.2 Å². The van der Waals surface area contributed by atoms with Crippen LogP contribution in [0.5, 0.6) is 0 Å². The second-order valence-electron chi connectivity index (χ2n) is 4.66. The number of nitro benzene ring substituents is 1. The van der Waals surface area contributed by atoms with Gasteiger partial charge >= 0.3 is 0 Å². The van der Waals surface area contributed by atoms with Gasteiger partial charge in [-0.3, -0.25) is 10.1 Å². The zero-order valence-corrected chi connectivity index (χ0v) is 11.4. The van der Waals surface area contributed by atoms with E-state index in [2.05, 4.69) is 0 Å². The van der Waals surface area contributed by atoms with Crippen molar-refractivity contribution in [3.05, 3.63) is 33.9 Å². The number of aliphatic hydroxyl groups excluding tert-OH is 2. The summed E-state index contributed by atoms with van der Waals surface area (Å²) in [5.41, 5.74) is 0.0537. The van der Waals surface area contributed by atoms with E-state index in [-0.39, 0.29) is 29.2 Å². The Balaban J connectivity index is 2.38. The minimum absolute atomic E-state index is 0.0654. The van der Waals surface area contributed by atoms with Crippen LogP contribution in [0.4, 0.5) is 5.69 Å². The molecule has 1 aromatic rings. The average molecular weight is 302 g/mol. The van der Waals surface area contributed by atoms with E-state index in [0.29, 0.717) is 0 Å². The number of hydrogen-bond donors (Lipinski definition) is 2. The van der Waals surface area contributed by atoms with E-state index in [1.807, 2.05) is 0 Å². The van der Waals surface area contributed by atoms with Gasteiger partial charge in [0.05, 0.1) is 22.0 Å². The van der Waals surface area contributed by atoms with Crippen LogP contribution in [0.3, 0.4) is 0 Å². The van der Waals surface area contributed by atoms with Gasteiger partial charge in [-0.2, -0.15) is 4.31 Å². The molecule has 2 atom stereocenters. The minimum atomic E-state index is -3.89. The van der Waals surface area contributed by atoms with E-state index in [1.54, 1.807) is 0 Å². The second-order valence-corrected chi connectivity index (χ2v) is 6.57. The Labute approximate surface area is 115 Å². The Morgan fingerprint density at radius 1 is 1.30 bits per heavy atom. The van der Waals surface area contributed by atoms with Crippen molar-refractivity contribution < 1.29 is 23.6 Å². The van der Waals surface area contributed by atoms with Gasteiger partial charge in [-0.25, -0.2) is 8.42 Å². The fourth-order valence-corrected chi connectivity index (χ4v) is 3.79. The van der Waals surface area contributed by atoms with Crippen LogP contribution in [-0.4, -0.2) is 53.2 Å². The summed E-state index contributed by atoms with van der Waals surface area (Å²) in [6.07, 6.45) is -2.24. The molecule has 0 unspecified atom stereocenters. The third-order valence-electron chi connectivity index (χ3n) is 3.21. The lowest BCUT2D eigenvalue weighted by atomic mass is 10.2. The maximum Gasteiger partial charge on any atom is 0.269 e.